The molecule has 0 aliphatic carbocycles. The Labute approximate surface area is 234 Å². The van der Waals surface area contributed by atoms with Crippen molar-refractivity contribution in [3.63, 3.8) is 0 Å². The summed E-state index contributed by atoms with van der Waals surface area (Å²) in [5.74, 6) is -3.94. The van der Waals surface area contributed by atoms with Crippen LogP contribution in [0.5, 0.6) is 0 Å². The molecule has 13 heteroatoms. The molecule has 4 rings (SSSR count). The second-order valence-corrected chi connectivity index (χ2v) is 9.79. The molecule has 0 aliphatic heterocycles. The Bertz CT molecular complexity index is 1660. The van der Waals surface area contributed by atoms with Gasteiger partial charge in [0, 0.05) is 43.8 Å². The number of fused-ring (bicyclic) bond motifs is 1. The maximum absolute atomic E-state index is 15.1. The number of amides is 1. The molecule has 0 saturated heterocycles. The monoisotopic (exact) mass is 569 g/mol. The fourth-order valence-electron chi connectivity index (χ4n) is 4.22. The lowest BCUT2D eigenvalue weighted by molar-refractivity contribution is -0.129. The molecule has 0 saturated carbocycles. The summed E-state index contributed by atoms with van der Waals surface area (Å²) in [5, 5.41) is 17.1. The number of aromatic nitrogens is 4. The van der Waals surface area contributed by atoms with Crippen molar-refractivity contribution in [3.8, 4) is 0 Å². The fraction of sp³-hybridized carbons (Fsp3) is 0.321. The Morgan fingerprint density at radius 3 is 2.54 bits per heavy atom. The number of anilines is 3. The van der Waals surface area contributed by atoms with Crippen molar-refractivity contribution in [2.45, 2.75) is 32.4 Å². The standard InChI is InChI=1S/C28H30F3N7O3/c1-16(19-7-6-8-21(26(19)29)28(30,31)15-39)32-27-20-13-18(9-10-22(20)33-17(2)34-27)37(5)23-11-12-24(40)38(35-23)14-25(41)36(3)4/h6-13,16,39H,14-15H2,1-5H3,(H,32,33,34)/t16-/m1/s1. The molecule has 2 N–H and O–H groups in total. The van der Waals surface area contributed by atoms with E-state index in [-0.39, 0.29) is 18.0 Å². The number of carbonyl (C=O) groups is 1. The number of hydrogen-bond donors (Lipinski definition) is 2. The van der Waals surface area contributed by atoms with Gasteiger partial charge in [0.2, 0.25) is 5.91 Å². The van der Waals surface area contributed by atoms with E-state index in [0.717, 1.165) is 10.7 Å². The number of likely N-dealkylation sites (N-methyl/N-ethyl adjacent to an activating group) is 1. The number of aliphatic hydroxyl groups is 1. The molecular formula is C28H30F3N7O3. The molecule has 1 atom stereocenters. The maximum Gasteiger partial charge on any atom is 0.298 e. The average molecular weight is 570 g/mol. The van der Waals surface area contributed by atoms with Gasteiger partial charge in [-0.3, -0.25) is 9.59 Å². The van der Waals surface area contributed by atoms with Crippen molar-refractivity contribution < 1.29 is 23.1 Å². The molecule has 10 nitrogen and oxygen atoms in total. The van der Waals surface area contributed by atoms with Crippen LogP contribution in [0.2, 0.25) is 0 Å². The van der Waals surface area contributed by atoms with Crippen LogP contribution < -0.4 is 15.8 Å². The number of nitrogens with one attached hydrogen (secondary N) is 1. The number of halogens is 3. The molecule has 41 heavy (non-hydrogen) atoms. The summed E-state index contributed by atoms with van der Waals surface area (Å²) in [4.78, 5) is 36.4. The van der Waals surface area contributed by atoms with Crippen LogP contribution in [0.4, 0.5) is 30.5 Å². The van der Waals surface area contributed by atoms with Crippen molar-refractivity contribution in [2.75, 3.05) is 38.0 Å². The number of aliphatic hydroxyl groups excluding tert-OH is 1. The number of carbonyl (C=O) groups excluding carboxylic acids is 1. The zero-order valence-corrected chi connectivity index (χ0v) is 23.2. The van der Waals surface area contributed by atoms with Crippen LogP contribution in [0, 0.1) is 12.7 Å². The molecule has 0 radical (unpaired) electrons. The number of benzene rings is 2. The smallest absolute Gasteiger partial charge is 0.298 e. The Hall–Kier alpha value is -4.52. The van der Waals surface area contributed by atoms with E-state index < -0.39 is 35.5 Å². The maximum atomic E-state index is 15.1. The van der Waals surface area contributed by atoms with Gasteiger partial charge in [-0.15, -0.1) is 0 Å². The molecular weight excluding hydrogens is 539 g/mol. The van der Waals surface area contributed by atoms with Crippen LogP contribution in [-0.2, 0) is 17.3 Å². The molecule has 2 heterocycles. The van der Waals surface area contributed by atoms with Crippen LogP contribution in [0.15, 0.2) is 53.3 Å². The number of aryl methyl sites for hydroxylation is 1. The number of rotatable bonds is 9. The van der Waals surface area contributed by atoms with Crippen molar-refractivity contribution in [1.29, 1.82) is 0 Å². The SMILES string of the molecule is Cc1nc(N[C@H](C)c2cccc(C(F)(F)CO)c2F)c2cc(N(C)c3ccc(=O)n(CC(=O)N(C)C)n3)ccc2n1. The number of alkyl halides is 2. The van der Waals surface area contributed by atoms with Crippen LogP contribution in [0.25, 0.3) is 10.9 Å². The summed E-state index contributed by atoms with van der Waals surface area (Å²) in [7, 11) is 4.91. The van der Waals surface area contributed by atoms with Gasteiger partial charge in [0.15, 0.2) is 5.82 Å². The summed E-state index contributed by atoms with van der Waals surface area (Å²) in [6, 6.07) is 11.1. The Morgan fingerprint density at radius 1 is 1.12 bits per heavy atom. The molecule has 1 amide bonds. The van der Waals surface area contributed by atoms with E-state index in [1.807, 2.05) is 0 Å². The minimum absolute atomic E-state index is 0.0213. The highest BCUT2D eigenvalue weighted by molar-refractivity contribution is 5.92. The molecule has 0 aliphatic rings. The molecule has 216 valence electrons. The third kappa shape index (κ3) is 6.14. The van der Waals surface area contributed by atoms with E-state index in [1.54, 1.807) is 58.1 Å². The van der Waals surface area contributed by atoms with Crippen molar-refractivity contribution >= 4 is 34.1 Å². The Morgan fingerprint density at radius 2 is 1.85 bits per heavy atom. The lowest BCUT2D eigenvalue weighted by Gasteiger charge is -2.22. The third-order valence-corrected chi connectivity index (χ3v) is 6.60. The first-order chi connectivity index (χ1) is 19.3. The van der Waals surface area contributed by atoms with Crippen molar-refractivity contribution in [1.82, 2.24) is 24.6 Å². The number of nitrogens with zero attached hydrogens (tertiary/aromatic N) is 6. The molecule has 0 spiro atoms. The zero-order chi connectivity index (χ0) is 30.1. The quantitative estimate of drug-likeness (QED) is 0.313. The van der Waals surface area contributed by atoms with E-state index in [0.29, 0.717) is 34.1 Å². The molecule has 2 aromatic carbocycles. The molecule has 0 bridgehead atoms. The van der Waals surface area contributed by atoms with Crippen LogP contribution in [0.1, 0.15) is 29.9 Å². The summed E-state index contributed by atoms with van der Waals surface area (Å²) in [6.45, 7) is 1.58. The second kappa shape index (κ2) is 11.5. The van der Waals surface area contributed by atoms with Gasteiger partial charge in [0.25, 0.3) is 11.5 Å². The molecule has 2 aromatic heterocycles. The second-order valence-electron chi connectivity index (χ2n) is 9.79. The normalized spacial score (nSPS) is 12.3. The van der Waals surface area contributed by atoms with Gasteiger partial charge < -0.3 is 20.2 Å². The van der Waals surface area contributed by atoms with Gasteiger partial charge in [-0.25, -0.2) is 19.0 Å². The lowest BCUT2D eigenvalue weighted by Crippen LogP contribution is -2.33. The van der Waals surface area contributed by atoms with E-state index in [4.69, 9.17) is 5.11 Å². The summed E-state index contributed by atoms with van der Waals surface area (Å²) in [6.07, 6.45) is 0. The largest absolute Gasteiger partial charge is 0.390 e. The molecule has 0 fully saturated rings. The minimum Gasteiger partial charge on any atom is -0.390 e. The Kier molecular flexibility index (Phi) is 8.29. The van der Waals surface area contributed by atoms with Crippen LogP contribution >= 0.6 is 0 Å². The highest BCUT2D eigenvalue weighted by Crippen LogP contribution is 2.34. The lowest BCUT2D eigenvalue weighted by atomic mass is 10.00. The summed E-state index contributed by atoms with van der Waals surface area (Å²) >= 11 is 0. The fourth-order valence-corrected chi connectivity index (χ4v) is 4.22. The highest BCUT2D eigenvalue weighted by Gasteiger charge is 2.35. The van der Waals surface area contributed by atoms with Crippen molar-refractivity contribution in [3.05, 3.63) is 81.7 Å². The predicted octanol–water partition coefficient (Wildman–Crippen LogP) is 3.75. The average Bonchev–Trinajstić information content (AvgIpc) is 2.93. The van der Waals surface area contributed by atoms with Gasteiger partial charge in [-0.05, 0) is 44.2 Å². The highest BCUT2D eigenvalue weighted by atomic mass is 19.3. The predicted molar refractivity (Wildman–Crippen MR) is 149 cm³/mol. The first kappa shape index (κ1) is 29.5. The van der Waals surface area contributed by atoms with E-state index in [9.17, 15) is 18.4 Å². The minimum atomic E-state index is -3.73. The van der Waals surface area contributed by atoms with Gasteiger partial charge >= 0.3 is 0 Å². The number of hydrogen-bond acceptors (Lipinski definition) is 8. The van der Waals surface area contributed by atoms with E-state index >= 15 is 4.39 Å². The van der Waals surface area contributed by atoms with Crippen LogP contribution in [-0.4, -0.2) is 63.4 Å². The third-order valence-electron chi connectivity index (χ3n) is 6.60. The first-order valence-corrected chi connectivity index (χ1v) is 12.7. The molecule has 0 unspecified atom stereocenters. The van der Waals surface area contributed by atoms with Gasteiger partial charge in [0.1, 0.15) is 30.6 Å². The van der Waals surface area contributed by atoms with Gasteiger partial charge in [0.05, 0.1) is 17.1 Å². The van der Waals surface area contributed by atoms with Crippen molar-refractivity contribution in [2.24, 2.45) is 0 Å². The zero-order valence-electron chi connectivity index (χ0n) is 23.2. The van der Waals surface area contributed by atoms with Crippen LogP contribution in [0.3, 0.4) is 0 Å². The molecule has 4 aromatic rings. The summed E-state index contributed by atoms with van der Waals surface area (Å²) in [5.41, 5.74) is -0.104. The topological polar surface area (TPSA) is 116 Å². The first-order valence-electron chi connectivity index (χ1n) is 12.7. The summed E-state index contributed by atoms with van der Waals surface area (Å²) < 4.78 is 44.4. The van der Waals surface area contributed by atoms with E-state index in [2.05, 4.69) is 20.4 Å². The Balaban J connectivity index is 1.70. The van der Waals surface area contributed by atoms with E-state index in [1.165, 1.54) is 29.2 Å². The van der Waals surface area contributed by atoms with Gasteiger partial charge in [-0.1, -0.05) is 12.1 Å². The van der Waals surface area contributed by atoms with Gasteiger partial charge in [-0.2, -0.15) is 13.9 Å².